The number of aromatic nitrogens is 3. The summed E-state index contributed by atoms with van der Waals surface area (Å²) >= 11 is 0. The quantitative estimate of drug-likeness (QED) is 0.394. The lowest BCUT2D eigenvalue weighted by molar-refractivity contribution is -0.130. The maximum absolute atomic E-state index is 13.7. The number of carbonyl (C=O) groups is 1. The summed E-state index contributed by atoms with van der Waals surface area (Å²) in [5, 5.41) is 0.962. The van der Waals surface area contributed by atoms with E-state index in [1.807, 2.05) is 12.4 Å². The number of aryl methyl sites for hydroxylation is 1. The maximum Gasteiger partial charge on any atom is 0.319 e. The van der Waals surface area contributed by atoms with Crippen LogP contribution in [0.2, 0.25) is 0 Å². The predicted octanol–water partition coefficient (Wildman–Crippen LogP) is 4.85. The van der Waals surface area contributed by atoms with Crippen molar-refractivity contribution in [3.63, 3.8) is 0 Å². The van der Waals surface area contributed by atoms with E-state index in [9.17, 15) is 9.18 Å². The van der Waals surface area contributed by atoms with Gasteiger partial charge in [0.1, 0.15) is 12.4 Å². The number of fused-ring (bicyclic) bond motifs is 4. The number of anilines is 1. The first-order valence-electron chi connectivity index (χ1n) is 15.6. The Morgan fingerprint density at radius 3 is 2.71 bits per heavy atom. The molecule has 1 aromatic carbocycles. The molecule has 4 saturated heterocycles. The molecule has 2 atom stereocenters. The molecule has 4 aliphatic heterocycles. The number of carbonyl (C=O) groups excluding carboxylic acids is 1. The Morgan fingerprint density at radius 2 is 1.88 bits per heavy atom. The molecule has 0 unspecified atom stereocenters. The maximum atomic E-state index is 13.7. The molecule has 218 valence electrons. The fourth-order valence-corrected chi connectivity index (χ4v) is 8.38. The van der Waals surface area contributed by atoms with Crippen LogP contribution in [0.4, 0.5) is 10.2 Å². The molecular formula is C33H37FN6O2. The van der Waals surface area contributed by atoms with Crippen LogP contribution in [0.1, 0.15) is 56.1 Å². The Balaban J connectivity index is 1.16. The van der Waals surface area contributed by atoms with Gasteiger partial charge in [0.15, 0.2) is 5.83 Å². The van der Waals surface area contributed by atoms with Crippen molar-refractivity contribution in [3.8, 4) is 17.1 Å². The molecule has 2 aromatic heterocycles. The topological polar surface area (TPSA) is 74.7 Å². The molecule has 1 amide bonds. The molecule has 0 radical (unpaired) electrons. The van der Waals surface area contributed by atoms with Crippen LogP contribution in [0.3, 0.4) is 0 Å². The van der Waals surface area contributed by atoms with Gasteiger partial charge < -0.3 is 14.5 Å². The highest BCUT2D eigenvalue weighted by Gasteiger charge is 2.50. The lowest BCUT2D eigenvalue weighted by Crippen LogP contribution is -2.63. The van der Waals surface area contributed by atoms with Crippen molar-refractivity contribution in [1.29, 1.82) is 0 Å². The number of hydrogen-bond acceptors (Lipinski definition) is 7. The first-order chi connectivity index (χ1) is 20.5. The molecule has 1 aliphatic carbocycles. The van der Waals surface area contributed by atoms with E-state index in [1.54, 1.807) is 4.90 Å². The number of likely N-dealkylation sites (tertiary alicyclic amines) is 1. The molecule has 0 N–H and O–H groups in total. The van der Waals surface area contributed by atoms with Crippen LogP contribution in [-0.2, 0) is 17.6 Å². The van der Waals surface area contributed by atoms with E-state index in [-0.39, 0.29) is 17.6 Å². The van der Waals surface area contributed by atoms with Gasteiger partial charge in [0.2, 0.25) is 0 Å². The van der Waals surface area contributed by atoms with Crippen LogP contribution in [0.15, 0.2) is 43.0 Å². The van der Waals surface area contributed by atoms with E-state index in [0.717, 1.165) is 67.5 Å². The normalized spacial score (nSPS) is 24.3. The van der Waals surface area contributed by atoms with E-state index in [4.69, 9.17) is 14.7 Å². The molecule has 9 heteroatoms. The standard InChI is InChI=1S/C33H37FN6O2/c1-21(34)31(41)39-15-10-28-29(39)19-40(28)30-25-9-8-22(26-18-35-17-23-6-2-3-7-24(23)26)16-27(25)36-32(37-30)42-20-33-11-4-13-38(33)14-5-12-33/h8-9,16-18,28-29H,1-7,10-15,19-20H2/t28-,29-/m1/s1. The average molecular weight is 569 g/mol. The summed E-state index contributed by atoms with van der Waals surface area (Å²) in [4.78, 5) is 33.4. The fourth-order valence-electron chi connectivity index (χ4n) is 8.38. The van der Waals surface area contributed by atoms with E-state index in [0.29, 0.717) is 25.7 Å². The summed E-state index contributed by atoms with van der Waals surface area (Å²) in [5.41, 5.74) is 5.99. The highest BCUT2D eigenvalue weighted by molar-refractivity contribution is 5.95. The fraction of sp³-hybridized carbons (Fsp3) is 0.515. The van der Waals surface area contributed by atoms with Crippen LogP contribution in [-0.4, -0.2) is 81.1 Å². The summed E-state index contributed by atoms with van der Waals surface area (Å²) in [6.45, 7) is 7.24. The van der Waals surface area contributed by atoms with Gasteiger partial charge in [-0.25, -0.2) is 4.39 Å². The van der Waals surface area contributed by atoms with Gasteiger partial charge in [-0.1, -0.05) is 12.6 Å². The SMILES string of the molecule is C=C(F)C(=O)N1CC[C@@H]2[C@H]1CN2c1nc(OCC23CCCN2CCC3)nc2cc(-c3cncc4c3CCCC4)ccc12. The van der Waals surface area contributed by atoms with Crippen LogP contribution >= 0.6 is 0 Å². The van der Waals surface area contributed by atoms with Crippen molar-refractivity contribution in [2.24, 2.45) is 0 Å². The Bertz CT molecular complexity index is 1580. The van der Waals surface area contributed by atoms with E-state index < -0.39 is 11.7 Å². The van der Waals surface area contributed by atoms with Crippen LogP contribution in [0, 0.1) is 0 Å². The lowest BCUT2D eigenvalue weighted by atomic mass is 9.87. The zero-order chi connectivity index (χ0) is 28.4. The molecule has 42 heavy (non-hydrogen) atoms. The average Bonchev–Trinajstić information content (AvgIpc) is 3.67. The zero-order valence-corrected chi connectivity index (χ0v) is 24.0. The van der Waals surface area contributed by atoms with E-state index in [1.165, 1.54) is 42.4 Å². The van der Waals surface area contributed by atoms with Crippen molar-refractivity contribution in [1.82, 2.24) is 24.8 Å². The lowest BCUT2D eigenvalue weighted by Gasteiger charge is -2.47. The number of halogens is 1. The first kappa shape index (κ1) is 26.1. The first-order valence-corrected chi connectivity index (χ1v) is 15.6. The minimum absolute atomic E-state index is 0.0370. The minimum Gasteiger partial charge on any atom is -0.461 e. The molecule has 6 heterocycles. The highest BCUT2D eigenvalue weighted by atomic mass is 19.1. The second-order valence-corrected chi connectivity index (χ2v) is 12.8. The zero-order valence-electron chi connectivity index (χ0n) is 24.0. The molecule has 8 rings (SSSR count). The van der Waals surface area contributed by atoms with Crippen molar-refractivity contribution in [2.75, 3.05) is 37.7 Å². The Kier molecular flexibility index (Phi) is 6.21. The number of ether oxygens (including phenoxy) is 1. The third-order valence-corrected chi connectivity index (χ3v) is 10.6. The summed E-state index contributed by atoms with van der Waals surface area (Å²) < 4.78 is 20.2. The monoisotopic (exact) mass is 568 g/mol. The van der Waals surface area contributed by atoms with Gasteiger partial charge >= 0.3 is 6.01 Å². The summed E-state index contributed by atoms with van der Waals surface area (Å²) in [6.07, 6.45) is 14.1. The van der Waals surface area contributed by atoms with Crippen molar-refractivity contribution >= 4 is 22.6 Å². The molecule has 0 saturated carbocycles. The number of benzene rings is 1. The van der Waals surface area contributed by atoms with Crippen LogP contribution < -0.4 is 9.64 Å². The van der Waals surface area contributed by atoms with Crippen LogP contribution in [0.5, 0.6) is 6.01 Å². The van der Waals surface area contributed by atoms with E-state index >= 15 is 0 Å². The van der Waals surface area contributed by atoms with Gasteiger partial charge in [-0.15, -0.1) is 0 Å². The third kappa shape index (κ3) is 4.11. The largest absolute Gasteiger partial charge is 0.461 e. The Labute approximate surface area is 245 Å². The summed E-state index contributed by atoms with van der Waals surface area (Å²) in [5.74, 6) is -0.661. The molecule has 5 aliphatic rings. The predicted molar refractivity (Wildman–Crippen MR) is 159 cm³/mol. The number of rotatable bonds is 6. The number of nitrogens with zero attached hydrogens (tertiary/aromatic N) is 6. The Hall–Kier alpha value is -3.59. The molecule has 0 bridgehead atoms. The third-order valence-electron chi connectivity index (χ3n) is 10.6. The number of amides is 1. The van der Waals surface area contributed by atoms with Gasteiger partial charge in [0.25, 0.3) is 5.91 Å². The molecule has 0 spiro atoms. The Morgan fingerprint density at radius 1 is 1.05 bits per heavy atom. The van der Waals surface area contributed by atoms with Gasteiger partial charge in [-0.2, -0.15) is 9.97 Å². The van der Waals surface area contributed by atoms with Gasteiger partial charge in [-0.3, -0.25) is 14.7 Å². The van der Waals surface area contributed by atoms with Gasteiger partial charge in [0, 0.05) is 36.4 Å². The van der Waals surface area contributed by atoms with Gasteiger partial charge in [0.05, 0.1) is 23.1 Å². The summed E-state index contributed by atoms with van der Waals surface area (Å²) in [6, 6.07) is 6.89. The molecular weight excluding hydrogens is 531 g/mol. The van der Waals surface area contributed by atoms with Crippen molar-refractivity contribution in [2.45, 2.75) is 75.4 Å². The minimum atomic E-state index is -0.894. The van der Waals surface area contributed by atoms with Crippen molar-refractivity contribution < 1.29 is 13.9 Å². The second-order valence-electron chi connectivity index (χ2n) is 12.8. The molecule has 8 nitrogen and oxygen atoms in total. The second kappa shape index (κ2) is 10.0. The van der Waals surface area contributed by atoms with Crippen molar-refractivity contribution in [3.05, 3.63) is 54.1 Å². The smallest absolute Gasteiger partial charge is 0.319 e. The number of hydrogen-bond donors (Lipinski definition) is 0. The molecule has 4 fully saturated rings. The highest BCUT2D eigenvalue weighted by Crippen LogP contribution is 2.42. The summed E-state index contributed by atoms with van der Waals surface area (Å²) in [7, 11) is 0. The van der Waals surface area contributed by atoms with Crippen LogP contribution in [0.25, 0.3) is 22.0 Å². The number of pyridine rings is 1. The molecule has 3 aromatic rings. The van der Waals surface area contributed by atoms with Gasteiger partial charge in [-0.05, 0) is 99.7 Å². The van der Waals surface area contributed by atoms with E-state index in [2.05, 4.69) is 39.6 Å².